The molecule has 0 fully saturated rings. The van der Waals surface area contributed by atoms with Crippen molar-refractivity contribution < 1.29 is 14.4 Å². The number of aryl methyl sites for hydroxylation is 2. The first-order valence-corrected chi connectivity index (χ1v) is 8.48. The van der Waals surface area contributed by atoms with Gasteiger partial charge in [-0.25, -0.2) is 0 Å². The van der Waals surface area contributed by atoms with Crippen LogP contribution in [0.4, 0.5) is 0 Å². The third kappa shape index (κ3) is 4.77. The smallest absolute Gasteiger partial charge is 0.286 e. The number of amides is 2. The number of nitrogens with zero attached hydrogens (tertiary/aromatic N) is 1. The lowest BCUT2D eigenvalue weighted by Crippen LogP contribution is -2.42. The Morgan fingerprint density at radius 1 is 1.22 bits per heavy atom. The molecule has 6 nitrogen and oxygen atoms in total. The molecule has 122 valence electrons. The largest absolute Gasteiger partial charge is 0.345 e. The summed E-state index contributed by atoms with van der Waals surface area (Å²) >= 11 is 4.68. The van der Waals surface area contributed by atoms with Crippen LogP contribution in [0.3, 0.4) is 0 Å². The fourth-order valence-electron chi connectivity index (χ4n) is 1.94. The van der Waals surface area contributed by atoms with E-state index < -0.39 is 11.8 Å². The maximum absolute atomic E-state index is 11.9. The molecule has 0 aromatic carbocycles. The van der Waals surface area contributed by atoms with Gasteiger partial charge in [0.15, 0.2) is 5.78 Å². The van der Waals surface area contributed by atoms with Crippen molar-refractivity contribution in [1.29, 1.82) is 0 Å². The number of nitrogens with one attached hydrogen (secondary N) is 2. The van der Waals surface area contributed by atoms with Gasteiger partial charge < -0.3 is 4.57 Å². The second-order valence-corrected chi connectivity index (χ2v) is 7.19. The molecule has 2 heterocycles. The van der Waals surface area contributed by atoms with Crippen molar-refractivity contribution in [2.75, 3.05) is 0 Å². The molecule has 2 N–H and O–H groups in total. The molecule has 23 heavy (non-hydrogen) atoms. The van der Waals surface area contributed by atoms with Crippen molar-refractivity contribution in [1.82, 2.24) is 15.4 Å². The second kappa shape index (κ2) is 7.56. The van der Waals surface area contributed by atoms with Gasteiger partial charge in [-0.15, -0.1) is 11.3 Å². The molecule has 8 heteroatoms. The van der Waals surface area contributed by atoms with Gasteiger partial charge in [-0.05, 0) is 41.1 Å². The quantitative estimate of drug-likeness (QED) is 0.600. The van der Waals surface area contributed by atoms with Crippen LogP contribution < -0.4 is 10.9 Å². The van der Waals surface area contributed by atoms with Crippen LogP contribution in [0.25, 0.3) is 0 Å². The molecule has 0 aliphatic carbocycles. The van der Waals surface area contributed by atoms with Crippen molar-refractivity contribution in [2.24, 2.45) is 7.05 Å². The summed E-state index contributed by atoms with van der Waals surface area (Å²) in [5.41, 5.74) is 5.05. The molecular weight excluding hydrogens is 382 g/mol. The van der Waals surface area contributed by atoms with E-state index in [9.17, 15) is 14.4 Å². The Morgan fingerprint density at radius 3 is 2.52 bits per heavy atom. The summed E-state index contributed by atoms with van der Waals surface area (Å²) in [4.78, 5) is 37.2. The minimum absolute atomic E-state index is 0.0207. The highest BCUT2D eigenvalue weighted by molar-refractivity contribution is 9.10. The average Bonchev–Trinajstić information content (AvgIpc) is 3.07. The predicted molar refractivity (Wildman–Crippen MR) is 91.3 cm³/mol. The van der Waals surface area contributed by atoms with Gasteiger partial charge >= 0.3 is 0 Å². The van der Waals surface area contributed by atoms with Crippen LogP contribution in [0, 0.1) is 6.92 Å². The van der Waals surface area contributed by atoms with Gasteiger partial charge in [0.1, 0.15) is 5.69 Å². The van der Waals surface area contributed by atoms with E-state index in [-0.39, 0.29) is 18.6 Å². The Hall–Kier alpha value is -1.93. The van der Waals surface area contributed by atoms with Gasteiger partial charge in [0.25, 0.3) is 5.91 Å². The Morgan fingerprint density at radius 2 is 1.96 bits per heavy atom. The van der Waals surface area contributed by atoms with Crippen LogP contribution in [0.15, 0.2) is 28.9 Å². The molecule has 2 amide bonds. The zero-order valence-corrected chi connectivity index (χ0v) is 15.1. The van der Waals surface area contributed by atoms with Crippen molar-refractivity contribution in [3.63, 3.8) is 0 Å². The van der Waals surface area contributed by atoms with Crippen molar-refractivity contribution in [3.8, 4) is 0 Å². The topological polar surface area (TPSA) is 80.2 Å². The van der Waals surface area contributed by atoms with E-state index in [2.05, 4.69) is 26.8 Å². The molecule has 0 unspecified atom stereocenters. The summed E-state index contributed by atoms with van der Waals surface area (Å²) in [6.07, 6.45) is 1.86. The van der Waals surface area contributed by atoms with E-state index in [4.69, 9.17) is 0 Å². The number of halogens is 1. The first-order valence-electron chi connectivity index (χ1n) is 6.87. The van der Waals surface area contributed by atoms with Crippen molar-refractivity contribution >= 4 is 44.9 Å². The molecule has 2 aromatic heterocycles. The van der Waals surface area contributed by atoms with Crippen molar-refractivity contribution in [3.05, 3.63) is 44.3 Å². The van der Waals surface area contributed by atoms with Crippen LogP contribution in [0.5, 0.6) is 0 Å². The minimum Gasteiger partial charge on any atom is -0.345 e. The SMILES string of the molecule is Cc1ccc(C(=O)CCC(=O)NNC(=O)c2cc(Br)cn2C)s1. The molecule has 2 aromatic rings. The Balaban J connectivity index is 1.78. The number of rotatable bonds is 5. The third-order valence-corrected chi connectivity index (χ3v) is 4.59. The molecule has 0 saturated carbocycles. The highest BCUT2D eigenvalue weighted by Gasteiger charge is 2.14. The molecular formula is C15H16BrN3O3S. The number of thiophene rings is 1. The normalized spacial score (nSPS) is 10.4. The van der Waals surface area contributed by atoms with E-state index in [1.54, 1.807) is 29.9 Å². The zero-order valence-electron chi connectivity index (χ0n) is 12.7. The van der Waals surface area contributed by atoms with Gasteiger partial charge in [0.2, 0.25) is 5.91 Å². The molecule has 0 saturated heterocycles. The van der Waals surface area contributed by atoms with Crippen LogP contribution in [-0.4, -0.2) is 22.2 Å². The summed E-state index contributed by atoms with van der Waals surface area (Å²) in [6.45, 7) is 1.92. The highest BCUT2D eigenvalue weighted by Crippen LogP contribution is 2.17. The summed E-state index contributed by atoms with van der Waals surface area (Å²) < 4.78 is 2.40. The van der Waals surface area contributed by atoms with Crippen LogP contribution in [0.1, 0.15) is 37.9 Å². The fraction of sp³-hybridized carbons (Fsp3) is 0.267. The van der Waals surface area contributed by atoms with Gasteiger partial charge in [0.05, 0.1) is 4.88 Å². The first-order chi connectivity index (χ1) is 10.9. The van der Waals surface area contributed by atoms with Crippen LogP contribution in [-0.2, 0) is 11.8 Å². The van der Waals surface area contributed by atoms with Gasteiger partial charge in [-0.2, -0.15) is 0 Å². The maximum atomic E-state index is 11.9. The summed E-state index contributed by atoms with van der Waals surface area (Å²) in [6, 6.07) is 5.27. The Labute approximate surface area is 146 Å². The number of hydrazine groups is 1. The highest BCUT2D eigenvalue weighted by atomic mass is 79.9. The average molecular weight is 398 g/mol. The Bertz CT molecular complexity index is 751. The van der Waals surface area contributed by atoms with E-state index >= 15 is 0 Å². The predicted octanol–water partition coefficient (Wildman–Crippen LogP) is 2.58. The van der Waals surface area contributed by atoms with E-state index in [0.29, 0.717) is 10.6 Å². The number of aromatic nitrogens is 1. The molecule has 0 radical (unpaired) electrons. The number of Topliss-reactive ketones (excluding diaryl/α,β-unsaturated/α-hetero) is 1. The first kappa shape index (κ1) is 17.4. The summed E-state index contributed by atoms with van der Waals surface area (Å²) in [5, 5.41) is 0. The van der Waals surface area contributed by atoms with E-state index in [0.717, 1.165) is 9.35 Å². The number of carbonyl (C=O) groups excluding carboxylic acids is 3. The monoisotopic (exact) mass is 397 g/mol. The number of hydrogen-bond acceptors (Lipinski definition) is 4. The maximum Gasteiger partial charge on any atom is 0.286 e. The third-order valence-electron chi connectivity index (χ3n) is 3.11. The van der Waals surface area contributed by atoms with E-state index in [1.807, 2.05) is 13.0 Å². The lowest BCUT2D eigenvalue weighted by atomic mass is 10.2. The van der Waals surface area contributed by atoms with Gasteiger partial charge in [-0.3, -0.25) is 25.2 Å². The molecule has 0 atom stereocenters. The summed E-state index contributed by atoms with van der Waals surface area (Å²) in [5.74, 6) is -0.907. The molecule has 0 bridgehead atoms. The van der Waals surface area contributed by atoms with Crippen LogP contribution >= 0.6 is 27.3 Å². The molecule has 2 rings (SSSR count). The van der Waals surface area contributed by atoms with Gasteiger partial charge in [0, 0.05) is 35.4 Å². The van der Waals surface area contributed by atoms with Gasteiger partial charge in [-0.1, -0.05) is 0 Å². The molecule has 0 aliphatic rings. The minimum atomic E-state index is -0.424. The number of ketones is 1. The number of carbonyl (C=O) groups is 3. The second-order valence-electron chi connectivity index (χ2n) is 4.99. The van der Waals surface area contributed by atoms with Crippen LogP contribution in [0.2, 0.25) is 0 Å². The lowest BCUT2D eigenvalue weighted by molar-refractivity contribution is -0.121. The summed E-state index contributed by atoms with van der Waals surface area (Å²) in [7, 11) is 1.73. The lowest BCUT2D eigenvalue weighted by Gasteiger charge is -2.07. The molecule has 0 spiro atoms. The fourth-order valence-corrected chi connectivity index (χ4v) is 3.30. The van der Waals surface area contributed by atoms with E-state index in [1.165, 1.54) is 11.3 Å². The Kier molecular flexibility index (Phi) is 5.73. The van der Waals surface area contributed by atoms with Crippen molar-refractivity contribution in [2.45, 2.75) is 19.8 Å². The standard InChI is InChI=1S/C15H16BrN3O3S/c1-9-3-5-13(23-9)12(20)4-6-14(21)17-18-15(22)11-7-10(16)8-19(11)2/h3,5,7-8H,4,6H2,1-2H3,(H,17,21)(H,18,22). The number of hydrogen-bond donors (Lipinski definition) is 2. The zero-order chi connectivity index (χ0) is 17.0. The molecule has 0 aliphatic heterocycles.